The van der Waals surface area contributed by atoms with Crippen LogP contribution in [-0.2, 0) is 13.0 Å². The van der Waals surface area contributed by atoms with Crippen molar-refractivity contribution < 1.29 is 14.1 Å². The van der Waals surface area contributed by atoms with Crippen molar-refractivity contribution in [2.75, 3.05) is 37.6 Å². The Kier molecular flexibility index (Phi) is 6.42. The number of nitrogens with zero attached hydrogens (tertiary/aromatic N) is 4. The molecule has 6 nitrogen and oxygen atoms in total. The molecule has 1 saturated heterocycles. The Morgan fingerprint density at radius 1 is 1.10 bits per heavy atom. The van der Waals surface area contributed by atoms with Gasteiger partial charge in [0, 0.05) is 35.9 Å². The smallest absolute Gasteiger partial charge is 0.225 e. The fourth-order valence-corrected chi connectivity index (χ4v) is 4.30. The predicted molar refractivity (Wildman–Crippen MR) is 118 cm³/mol. The molecule has 1 N–H and O–H groups in total. The highest BCUT2D eigenvalue weighted by Crippen LogP contribution is 2.17. The van der Waals surface area contributed by atoms with E-state index >= 15 is 0 Å². The Morgan fingerprint density at radius 3 is 2.45 bits per heavy atom. The minimum Gasteiger partial charge on any atom is -0.348 e. The number of piperazine rings is 1. The van der Waals surface area contributed by atoms with Gasteiger partial charge in [-0.05, 0) is 50.1 Å². The molecule has 7 heteroatoms. The lowest BCUT2D eigenvalue weighted by molar-refractivity contribution is -0.892. The summed E-state index contributed by atoms with van der Waals surface area (Å²) in [7, 11) is 0. The van der Waals surface area contributed by atoms with E-state index in [4.69, 9.17) is 0 Å². The van der Waals surface area contributed by atoms with Gasteiger partial charge in [-0.2, -0.15) is 0 Å². The van der Waals surface area contributed by atoms with E-state index in [1.165, 1.54) is 17.0 Å². The van der Waals surface area contributed by atoms with Gasteiger partial charge in [-0.25, -0.2) is 14.4 Å². The topological polar surface area (TPSA) is 55.5 Å². The predicted octanol–water partition coefficient (Wildman–Crippen LogP) is 1.86. The summed E-state index contributed by atoms with van der Waals surface area (Å²) in [5.74, 6) is 0.739. The Morgan fingerprint density at radius 2 is 1.77 bits per heavy atom. The first-order chi connectivity index (χ1) is 15.0. The summed E-state index contributed by atoms with van der Waals surface area (Å²) in [5.41, 5.74) is 4.01. The van der Waals surface area contributed by atoms with Crippen molar-refractivity contribution in [2.24, 2.45) is 0 Å². The maximum atomic E-state index is 13.1. The first-order valence-corrected chi connectivity index (χ1v) is 10.8. The highest BCUT2D eigenvalue weighted by molar-refractivity contribution is 5.98. The Bertz CT molecular complexity index is 1020. The van der Waals surface area contributed by atoms with Gasteiger partial charge in [0.2, 0.25) is 11.7 Å². The van der Waals surface area contributed by atoms with Gasteiger partial charge in [-0.1, -0.05) is 12.1 Å². The highest BCUT2D eigenvalue weighted by Gasteiger charge is 2.25. The van der Waals surface area contributed by atoms with E-state index < -0.39 is 0 Å². The number of anilines is 1. The maximum absolute atomic E-state index is 13.1. The summed E-state index contributed by atoms with van der Waals surface area (Å²) in [6.07, 6.45) is 4.33. The molecule has 0 radical (unpaired) electrons. The van der Waals surface area contributed by atoms with E-state index in [-0.39, 0.29) is 11.6 Å². The summed E-state index contributed by atoms with van der Waals surface area (Å²) in [6.45, 7) is 8.84. The van der Waals surface area contributed by atoms with Gasteiger partial charge in [-0.15, -0.1) is 0 Å². The van der Waals surface area contributed by atoms with Crippen LogP contribution >= 0.6 is 0 Å². The van der Waals surface area contributed by atoms with Crippen LogP contribution in [0.4, 0.5) is 10.3 Å². The number of halogens is 1. The van der Waals surface area contributed by atoms with Crippen LogP contribution in [0.1, 0.15) is 27.3 Å². The molecule has 0 bridgehead atoms. The second kappa shape index (κ2) is 9.39. The lowest BCUT2D eigenvalue weighted by atomic mass is 10.1. The van der Waals surface area contributed by atoms with Crippen LogP contribution in [0.3, 0.4) is 0 Å². The second-order valence-corrected chi connectivity index (χ2v) is 8.20. The van der Waals surface area contributed by atoms with Gasteiger partial charge in [0.25, 0.3) is 0 Å². The van der Waals surface area contributed by atoms with Crippen molar-refractivity contribution in [3.63, 3.8) is 0 Å². The average Bonchev–Trinajstić information content (AvgIpc) is 3.08. The molecule has 31 heavy (non-hydrogen) atoms. The zero-order chi connectivity index (χ0) is 21.8. The first kappa shape index (κ1) is 21.2. The van der Waals surface area contributed by atoms with E-state index in [1.54, 1.807) is 12.4 Å². The van der Waals surface area contributed by atoms with E-state index in [2.05, 4.69) is 19.4 Å². The zero-order valence-corrected chi connectivity index (χ0v) is 18.1. The van der Waals surface area contributed by atoms with Gasteiger partial charge >= 0.3 is 0 Å². The molecule has 0 spiro atoms. The molecule has 1 aromatic carbocycles. The molecule has 0 unspecified atom stereocenters. The number of nitrogens with one attached hydrogen (secondary N) is 1. The number of hydrogen-bond donors (Lipinski definition) is 1. The zero-order valence-electron chi connectivity index (χ0n) is 18.1. The number of ketones is 1. The highest BCUT2D eigenvalue weighted by atomic mass is 19.1. The van der Waals surface area contributed by atoms with Crippen LogP contribution < -0.4 is 9.80 Å². The number of hydrogen-bond acceptors (Lipinski definition) is 4. The van der Waals surface area contributed by atoms with E-state index in [9.17, 15) is 9.18 Å². The number of rotatable bonds is 7. The Labute approximate surface area is 182 Å². The molecule has 1 aliphatic heterocycles. The fraction of sp³-hybridized carbons (Fsp3) is 0.375. The number of benzene rings is 1. The fourth-order valence-electron chi connectivity index (χ4n) is 4.30. The monoisotopic (exact) mass is 422 g/mol. The molecule has 4 rings (SSSR count). The number of quaternary nitrogens is 1. The number of Topliss-reactive ketones (excluding diaryl/α,β-unsaturated/α-hetero) is 1. The van der Waals surface area contributed by atoms with Crippen LogP contribution in [0, 0.1) is 19.7 Å². The molecule has 0 atom stereocenters. The summed E-state index contributed by atoms with van der Waals surface area (Å²) in [5, 5.41) is 0. The van der Waals surface area contributed by atoms with Gasteiger partial charge in [-0.3, -0.25) is 4.79 Å². The number of aryl methyl sites for hydroxylation is 2. The van der Waals surface area contributed by atoms with Crippen LogP contribution in [0.5, 0.6) is 0 Å². The molecule has 0 saturated carbocycles. The van der Waals surface area contributed by atoms with Crippen molar-refractivity contribution in [3.8, 4) is 0 Å². The third-order valence-corrected chi connectivity index (χ3v) is 6.13. The minimum atomic E-state index is -0.218. The van der Waals surface area contributed by atoms with E-state index in [0.717, 1.165) is 67.6 Å². The molecule has 3 heterocycles. The maximum Gasteiger partial charge on any atom is 0.225 e. The molecular weight excluding hydrogens is 393 g/mol. The van der Waals surface area contributed by atoms with Gasteiger partial charge in [0.1, 0.15) is 12.4 Å². The molecule has 0 amide bonds. The number of aromatic nitrogens is 3. The lowest BCUT2D eigenvalue weighted by Crippen LogP contribution is -3.15. The van der Waals surface area contributed by atoms with E-state index in [1.807, 2.05) is 38.1 Å². The van der Waals surface area contributed by atoms with Crippen LogP contribution in [0.2, 0.25) is 0 Å². The number of carbonyl (C=O) groups excluding carboxylic acids is 1. The molecule has 0 aliphatic carbocycles. The summed E-state index contributed by atoms with van der Waals surface area (Å²) in [6, 6.07) is 10.5. The van der Waals surface area contributed by atoms with Crippen molar-refractivity contribution in [2.45, 2.75) is 26.8 Å². The quantitative estimate of drug-likeness (QED) is 0.591. The molecule has 162 valence electrons. The first-order valence-electron chi connectivity index (χ1n) is 10.8. The Hall–Kier alpha value is -3.06. The lowest BCUT2D eigenvalue weighted by Gasteiger charge is -2.31. The SMILES string of the molecule is Cc1cc(C(=O)C[NH+]2CCN(c3ncccn3)CC2)c(C)n1CCc1ccc(F)cc1. The number of carbonyl (C=O) groups is 1. The normalized spacial score (nSPS) is 14.7. The average molecular weight is 423 g/mol. The molecular formula is C24H29FN5O+. The van der Waals surface area contributed by atoms with Crippen molar-refractivity contribution in [1.82, 2.24) is 14.5 Å². The summed E-state index contributed by atoms with van der Waals surface area (Å²) in [4.78, 5) is 25.2. The second-order valence-electron chi connectivity index (χ2n) is 8.20. The molecule has 2 aromatic heterocycles. The van der Waals surface area contributed by atoms with Crippen LogP contribution in [0.15, 0.2) is 48.8 Å². The van der Waals surface area contributed by atoms with Gasteiger partial charge in [0.15, 0.2) is 0 Å². The molecule has 1 fully saturated rings. The largest absolute Gasteiger partial charge is 0.348 e. The van der Waals surface area contributed by atoms with Crippen molar-refractivity contribution in [1.29, 1.82) is 0 Å². The van der Waals surface area contributed by atoms with E-state index in [0.29, 0.717) is 6.54 Å². The third-order valence-electron chi connectivity index (χ3n) is 6.13. The molecule has 3 aromatic rings. The van der Waals surface area contributed by atoms with Crippen LogP contribution in [0.25, 0.3) is 0 Å². The van der Waals surface area contributed by atoms with Gasteiger partial charge < -0.3 is 14.4 Å². The third kappa shape index (κ3) is 4.99. The molecule has 1 aliphatic rings. The minimum absolute atomic E-state index is 0.195. The van der Waals surface area contributed by atoms with Crippen LogP contribution in [-0.4, -0.2) is 53.0 Å². The van der Waals surface area contributed by atoms with Crippen molar-refractivity contribution in [3.05, 3.63) is 77.1 Å². The van der Waals surface area contributed by atoms with Gasteiger partial charge in [0.05, 0.1) is 26.2 Å². The summed E-state index contributed by atoms with van der Waals surface area (Å²) >= 11 is 0. The van der Waals surface area contributed by atoms with Crippen molar-refractivity contribution >= 4 is 11.7 Å². The standard InChI is InChI=1S/C24H28FN5O/c1-18-16-22(19(2)30(18)11-8-20-4-6-21(25)7-5-20)23(31)17-28-12-14-29(15-13-28)24-26-9-3-10-27-24/h3-7,9-10,16H,8,11-15,17H2,1-2H3/p+1. The summed E-state index contributed by atoms with van der Waals surface area (Å²) < 4.78 is 15.3. The Balaban J connectivity index is 1.35.